The lowest BCUT2D eigenvalue weighted by molar-refractivity contribution is -0.118. The van der Waals surface area contributed by atoms with Gasteiger partial charge in [-0.15, -0.1) is 0 Å². The molecule has 1 aromatic rings. The number of carbonyl (C=O) groups is 1. The Labute approximate surface area is 101 Å². The smallest absolute Gasteiger partial charge is 0.247 e. The molecule has 17 heavy (non-hydrogen) atoms. The summed E-state index contributed by atoms with van der Waals surface area (Å²) in [5.41, 5.74) is 1.78. The highest BCUT2D eigenvalue weighted by Crippen LogP contribution is 2.19. The van der Waals surface area contributed by atoms with Crippen molar-refractivity contribution in [2.24, 2.45) is 0 Å². The van der Waals surface area contributed by atoms with E-state index in [0.29, 0.717) is 0 Å². The summed E-state index contributed by atoms with van der Waals surface area (Å²) in [6, 6.07) is 9.22. The fourth-order valence-corrected chi connectivity index (χ4v) is 2.05. The zero-order chi connectivity index (χ0) is 12.1. The maximum absolute atomic E-state index is 11.9. The molecule has 0 aliphatic heterocycles. The van der Waals surface area contributed by atoms with Crippen LogP contribution in [0.3, 0.4) is 0 Å². The molecular formula is C14H17NO2. The van der Waals surface area contributed by atoms with Crippen molar-refractivity contribution in [3.63, 3.8) is 0 Å². The van der Waals surface area contributed by atoms with Gasteiger partial charge in [0.15, 0.2) is 0 Å². The second kappa shape index (κ2) is 5.64. The molecule has 0 aromatic heterocycles. The Hall–Kier alpha value is -1.61. The monoisotopic (exact) mass is 231 g/mol. The zero-order valence-corrected chi connectivity index (χ0v) is 9.73. The summed E-state index contributed by atoms with van der Waals surface area (Å²) >= 11 is 0. The summed E-state index contributed by atoms with van der Waals surface area (Å²) in [4.78, 5) is 11.9. The van der Waals surface area contributed by atoms with Crippen molar-refractivity contribution in [1.29, 1.82) is 0 Å². The first kappa shape index (κ1) is 11.9. The van der Waals surface area contributed by atoms with Gasteiger partial charge in [0, 0.05) is 5.57 Å². The Morgan fingerprint density at radius 1 is 1.35 bits per heavy atom. The predicted octanol–water partition coefficient (Wildman–Crippen LogP) is 1.95. The summed E-state index contributed by atoms with van der Waals surface area (Å²) in [5.74, 6) is -0.0506. The molecule has 0 saturated carbocycles. The highest BCUT2D eigenvalue weighted by atomic mass is 16.3. The summed E-state index contributed by atoms with van der Waals surface area (Å²) in [6.07, 6.45) is 4.86. The molecule has 2 rings (SSSR count). The average molecular weight is 231 g/mol. The van der Waals surface area contributed by atoms with E-state index in [0.717, 1.165) is 30.4 Å². The van der Waals surface area contributed by atoms with Gasteiger partial charge < -0.3 is 10.4 Å². The van der Waals surface area contributed by atoms with Crippen molar-refractivity contribution >= 4 is 5.91 Å². The fraction of sp³-hybridized carbons (Fsp3) is 0.357. The minimum absolute atomic E-state index is 0.0506. The molecule has 90 valence electrons. The van der Waals surface area contributed by atoms with Crippen molar-refractivity contribution in [2.75, 3.05) is 6.61 Å². The van der Waals surface area contributed by atoms with Gasteiger partial charge in [0.2, 0.25) is 5.91 Å². The van der Waals surface area contributed by atoms with Crippen LogP contribution < -0.4 is 5.32 Å². The van der Waals surface area contributed by atoms with E-state index in [-0.39, 0.29) is 18.6 Å². The second-order valence-corrected chi connectivity index (χ2v) is 4.24. The first-order valence-electron chi connectivity index (χ1n) is 5.97. The average Bonchev–Trinajstić information content (AvgIpc) is 2.90. The highest BCUT2D eigenvalue weighted by molar-refractivity contribution is 5.94. The standard InChI is InChI=1S/C14H17NO2/c16-10-13(11-6-2-1-3-7-11)15-14(17)12-8-4-5-9-12/h1-3,6-8,13,16H,4-5,9-10H2,(H,15,17). The molecule has 1 atom stereocenters. The second-order valence-electron chi connectivity index (χ2n) is 4.24. The van der Waals surface area contributed by atoms with Gasteiger partial charge in [-0.3, -0.25) is 4.79 Å². The van der Waals surface area contributed by atoms with Gasteiger partial charge in [0.1, 0.15) is 0 Å². The molecule has 3 nitrogen and oxygen atoms in total. The van der Waals surface area contributed by atoms with Crippen LogP contribution in [0.15, 0.2) is 42.0 Å². The zero-order valence-electron chi connectivity index (χ0n) is 9.73. The molecule has 3 heteroatoms. The molecule has 1 amide bonds. The van der Waals surface area contributed by atoms with E-state index in [1.54, 1.807) is 0 Å². The van der Waals surface area contributed by atoms with Gasteiger partial charge in [0.05, 0.1) is 12.6 Å². The van der Waals surface area contributed by atoms with E-state index in [9.17, 15) is 9.90 Å². The molecule has 1 aromatic carbocycles. The van der Waals surface area contributed by atoms with Crippen LogP contribution in [0.4, 0.5) is 0 Å². The lowest BCUT2D eigenvalue weighted by Gasteiger charge is -2.17. The number of hydrogen-bond acceptors (Lipinski definition) is 2. The van der Waals surface area contributed by atoms with E-state index in [1.165, 1.54) is 0 Å². The molecule has 2 N–H and O–H groups in total. The van der Waals surface area contributed by atoms with E-state index in [2.05, 4.69) is 5.32 Å². The number of amides is 1. The van der Waals surface area contributed by atoms with Crippen molar-refractivity contribution in [3.8, 4) is 0 Å². The maximum atomic E-state index is 11.9. The number of aliphatic hydroxyl groups excluding tert-OH is 1. The fourth-order valence-electron chi connectivity index (χ4n) is 2.05. The molecule has 1 aliphatic carbocycles. The third-order valence-corrected chi connectivity index (χ3v) is 3.02. The molecule has 0 saturated heterocycles. The maximum Gasteiger partial charge on any atom is 0.247 e. The van der Waals surface area contributed by atoms with E-state index in [4.69, 9.17) is 0 Å². The van der Waals surface area contributed by atoms with E-state index in [1.807, 2.05) is 36.4 Å². The molecule has 0 radical (unpaired) electrons. The number of rotatable bonds is 4. The van der Waals surface area contributed by atoms with E-state index < -0.39 is 0 Å². The molecule has 0 spiro atoms. The number of aliphatic hydroxyl groups is 1. The predicted molar refractivity (Wildman–Crippen MR) is 66.3 cm³/mol. The number of carbonyl (C=O) groups excluding carboxylic acids is 1. The van der Waals surface area contributed by atoms with E-state index >= 15 is 0 Å². The van der Waals surface area contributed by atoms with Crippen molar-refractivity contribution in [1.82, 2.24) is 5.32 Å². The highest BCUT2D eigenvalue weighted by Gasteiger charge is 2.18. The summed E-state index contributed by atoms with van der Waals surface area (Å²) in [7, 11) is 0. The lowest BCUT2D eigenvalue weighted by atomic mass is 10.1. The molecular weight excluding hydrogens is 214 g/mol. The van der Waals surface area contributed by atoms with Gasteiger partial charge in [-0.25, -0.2) is 0 Å². The van der Waals surface area contributed by atoms with Crippen LogP contribution in [0.1, 0.15) is 30.9 Å². The topological polar surface area (TPSA) is 49.3 Å². The Balaban J connectivity index is 2.03. The van der Waals surface area contributed by atoms with Crippen LogP contribution in [-0.4, -0.2) is 17.6 Å². The quantitative estimate of drug-likeness (QED) is 0.832. The van der Waals surface area contributed by atoms with Crippen molar-refractivity contribution < 1.29 is 9.90 Å². The number of allylic oxidation sites excluding steroid dienone is 1. The van der Waals surface area contributed by atoms with Crippen LogP contribution in [0.5, 0.6) is 0 Å². The Morgan fingerprint density at radius 2 is 2.12 bits per heavy atom. The van der Waals surface area contributed by atoms with Crippen LogP contribution in [0.25, 0.3) is 0 Å². The van der Waals surface area contributed by atoms with Crippen LogP contribution in [-0.2, 0) is 4.79 Å². The van der Waals surface area contributed by atoms with Gasteiger partial charge in [0.25, 0.3) is 0 Å². The minimum Gasteiger partial charge on any atom is -0.394 e. The summed E-state index contributed by atoms with van der Waals surface area (Å²) < 4.78 is 0. The summed E-state index contributed by atoms with van der Waals surface area (Å²) in [5, 5.41) is 12.2. The van der Waals surface area contributed by atoms with Gasteiger partial charge in [-0.1, -0.05) is 36.4 Å². The first-order valence-corrected chi connectivity index (χ1v) is 5.97. The number of benzene rings is 1. The minimum atomic E-state index is -0.315. The first-order chi connectivity index (χ1) is 8.31. The summed E-state index contributed by atoms with van der Waals surface area (Å²) in [6.45, 7) is -0.0803. The van der Waals surface area contributed by atoms with Crippen LogP contribution >= 0.6 is 0 Å². The normalized spacial score (nSPS) is 16.4. The van der Waals surface area contributed by atoms with Gasteiger partial charge in [-0.2, -0.15) is 0 Å². The van der Waals surface area contributed by atoms with Gasteiger partial charge in [-0.05, 0) is 24.8 Å². The Bertz CT molecular complexity index is 411. The molecule has 1 unspecified atom stereocenters. The van der Waals surface area contributed by atoms with Crippen LogP contribution in [0.2, 0.25) is 0 Å². The van der Waals surface area contributed by atoms with Crippen molar-refractivity contribution in [3.05, 3.63) is 47.5 Å². The SMILES string of the molecule is O=C(NC(CO)c1ccccc1)C1=CCCC1. The molecule has 0 heterocycles. The van der Waals surface area contributed by atoms with Crippen LogP contribution in [0, 0.1) is 0 Å². The van der Waals surface area contributed by atoms with Gasteiger partial charge >= 0.3 is 0 Å². The lowest BCUT2D eigenvalue weighted by Crippen LogP contribution is -2.31. The number of hydrogen-bond donors (Lipinski definition) is 2. The number of nitrogens with one attached hydrogen (secondary N) is 1. The Morgan fingerprint density at radius 3 is 2.71 bits per heavy atom. The third-order valence-electron chi connectivity index (χ3n) is 3.02. The third kappa shape index (κ3) is 2.94. The Kier molecular flexibility index (Phi) is 3.94. The largest absolute Gasteiger partial charge is 0.394 e. The molecule has 1 aliphatic rings. The van der Waals surface area contributed by atoms with Crippen molar-refractivity contribution in [2.45, 2.75) is 25.3 Å². The molecule has 0 bridgehead atoms. The molecule has 0 fully saturated rings.